The lowest BCUT2D eigenvalue weighted by Gasteiger charge is -2.26. The third-order valence-corrected chi connectivity index (χ3v) is 5.73. The Balaban J connectivity index is 1.81. The van der Waals surface area contributed by atoms with E-state index in [4.69, 9.17) is 0 Å². The van der Waals surface area contributed by atoms with Crippen LogP contribution in [0.3, 0.4) is 0 Å². The molecule has 1 aromatic heterocycles. The lowest BCUT2D eigenvalue weighted by atomic mass is 9.35. The maximum absolute atomic E-state index is 13.6. The van der Waals surface area contributed by atoms with Crippen molar-refractivity contribution >= 4 is 44.9 Å². The molecule has 0 N–H and O–H groups in total. The number of nitrogens with zero attached hydrogens (tertiary/aromatic N) is 1. The summed E-state index contributed by atoms with van der Waals surface area (Å²) in [6, 6.07) is 30.6. The number of hydrogen-bond donors (Lipinski definition) is 0. The molecule has 0 unspecified atom stereocenters. The fourth-order valence-electron chi connectivity index (χ4n) is 4.65. The summed E-state index contributed by atoms with van der Waals surface area (Å²) in [6.45, 7) is 0.0994. The minimum atomic E-state index is -0.199. The summed E-state index contributed by atoms with van der Waals surface area (Å²) in [5.41, 5.74) is 7.33. The smallest absolute Gasteiger partial charge is 0.246 e. The molecule has 0 saturated heterocycles. The van der Waals surface area contributed by atoms with Crippen LogP contribution < -0.4 is 16.4 Å². The number of rotatable bonds is 1. The summed E-state index contributed by atoms with van der Waals surface area (Å²) >= 11 is 0. The van der Waals surface area contributed by atoms with Crippen molar-refractivity contribution in [2.45, 2.75) is 0 Å². The predicted molar refractivity (Wildman–Crippen MR) is 112 cm³/mol. The van der Waals surface area contributed by atoms with Gasteiger partial charge in [-0.3, -0.25) is 0 Å². The predicted octanol–water partition coefficient (Wildman–Crippen LogP) is 3.75. The molecular weight excluding hydrogens is 332 g/mol. The van der Waals surface area contributed by atoms with Gasteiger partial charge in [0.1, 0.15) is 5.82 Å². The molecule has 6 rings (SSSR count). The van der Waals surface area contributed by atoms with Gasteiger partial charge in [0.15, 0.2) is 0 Å². The minimum absolute atomic E-state index is 0.0994. The van der Waals surface area contributed by atoms with Crippen LogP contribution in [0.2, 0.25) is 0 Å². The first kappa shape index (κ1) is 14.8. The Labute approximate surface area is 156 Å². The van der Waals surface area contributed by atoms with E-state index >= 15 is 0 Å². The van der Waals surface area contributed by atoms with Gasteiger partial charge in [-0.1, -0.05) is 72.2 Å². The van der Waals surface area contributed by atoms with Crippen molar-refractivity contribution in [2.75, 3.05) is 0 Å². The highest BCUT2D eigenvalue weighted by Gasteiger charge is 2.32. The molecule has 0 radical (unpaired) electrons. The molecule has 0 bridgehead atoms. The third-order valence-electron chi connectivity index (χ3n) is 5.73. The monoisotopic (exact) mass is 347 g/mol. The van der Waals surface area contributed by atoms with E-state index in [0.29, 0.717) is 0 Å². The Morgan fingerprint density at radius 2 is 1.33 bits per heavy atom. The molecule has 27 heavy (non-hydrogen) atoms. The third kappa shape index (κ3) is 1.94. The van der Waals surface area contributed by atoms with Crippen molar-refractivity contribution in [2.24, 2.45) is 0 Å². The van der Waals surface area contributed by atoms with Crippen LogP contribution in [0.5, 0.6) is 0 Å². The standard InChI is InChI=1S/C24H15BFN/c26-17-14-12-16(13-15-17)25-20-8-2-4-11-23(20)27-22-10-3-1-6-18(22)19-7-5-9-21(25)24(19)27/h1-15H. The van der Waals surface area contributed by atoms with Crippen molar-refractivity contribution in [3.05, 3.63) is 96.8 Å². The van der Waals surface area contributed by atoms with Crippen LogP contribution in [-0.4, -0.2) is 11.3 Å². The second-order valence-electron chi connectivity index (χ2n) is 7.14. The Kier molecular flexibility index (Phi) is 2.93. The molecule has 1 aliphatic rings. The van der Waals surface area contributed by atoms with Crippen molar-refractivity contribution < 1.29 is 4.39 Å². The number of para-hydroxylation sites is 3. The Morgan fingerprint density at radius 3 is 2.22 bits per heavy atom. The first-order chi connectivity index (χ1) is 13.3. The van der Waals surface area contributed by atoms with Gasteiger partial charge in [-0.2, -0.15) is 0 Å². The van der Waals surface area contributed by atoms with E-state index in [0.717, 1.165) is 5.46 Å². The van der Waals surface area contributed by atoms with Gasteiger partial charge in [0.2, 0.25) is 6.71 Å². The number of fused-ring (bicyclic) bond motifs is 5. The molecule has 0 aliphatic carbocycles. The first-order valence-corrected chi connectivity index (χ1v) is 9.20. The molecular formula is C24H15BFN. The molecule has 2 heterocycles. The van der Waals surface area contributed by atoms with E-state index in [1.165, 1.54) is 38.4 Å². The quantitative estimate of drug-likeness (QED) is 0.399. The lowest BCUT2D eigenvalue weighted by molar-refractivity contribution is 0.628. The van der Waals surface area contributed by atoms with Crippen LogP contribution >= 0.6 is 0 Å². The molecule has 0 saturated carbocycles. The number of aromatic nitrogens is 1. The molecule has 3 heteroatoms. The SMILES string of the molecule is Fc1ccc(B2c3ccccc3-n3c4ccccc4c4cccc2c43)cc1. The topological polar surface area (TPSA) is 4.93 Å². The van der Waals surface area contributed by atoms with Crippen LogP contribution in [0, 0.1) is 5.82 Å². The van der Waals surface area contributed by atoms with Gasteiger partial charge in [-0.25, -0.2) is 4.39 Å². The maximum atomic E-state index is 13.6. The van der Waals surface area contributed by atoms with E-state index < -0.39 is 0 Å². The second kappa shape index (κ2) is 5.34. The molecule has 1 nitrogen and oxygen atoms in total. The minimum Gasteiger partial charge on any atom is -0.310 e. The zero-order valence-corrected chi connectivity index (χ0v) is 14.6. The van der Waals surface area contributed by atoms with Gasteiger partial charge in [0, 0.05) is 22.0 Å². The van der Waals surface area contributed by atoms with E-state index in [2.05, 4.69) is 71.3 Å². The van der Waals surface area contributed by atoms with Gasteiger partial charge in [0.25, 0.3) is 0 Å². The molecule has 0 spiro atoms. The molecule has 126 valence electrons. The lowest BCUT2D eigenvalue weighted by Crippen LogP contribution is -2.55. The highest BCUT2D eigenvalue weighted by molar-refractivity contribution is 6.98. The van der Waals surface area contributed by atoms with Crippen molar-refractivity contribution in [1.29, 1.82) is 0 Å². The second-order valence-corrected chi connectivity index (χ2v) is 7.14. The summed E-state index contributed by atoms with van der Waals surface area (Å²) in [5.74, 6) is -0.199. The number of benzene rings is 4. The normalized spacial score (nSPS) is 12.6. The zero-order chi connectivity index (χ0) is 18.0. The molecule has 4 aromatic carbocycles. The van der Waals surface area contributed by atoms with E-state index in [1.54, 1.807) is 12.1 Å². The maximum Gasteiger partial charge on any atom is 0.246 e. The van der Waals surface area contributed by atoms with Crippen LogP contribution in [0.15, 0.2) is 91.0 Å². The van der Waals surface area contributed by atoms with Crippen LogP contribution in [0.4, 0.5) is 4.39 Å². The molecule has 0 fully saturated rings. The highest BCUT2D eigenvalue weighted by atomic mass is 19.1. The van der Waals surface area contributed by atoms with Gasteiger partial charge in [-0.05, 0) is 35.2 Å². The van der Waals surface area contributed by atoms with Gasteiger partial charge < -0.3 is 4.57 Å². The fraction of sp³-hybridized carbons (Fsp3) is 0. The van der Waals surface area contributed by atoms with Gasteiger partial charge in [-0.15, -0.1) is 0 Å². The van der Waals surface area contributed by atoms with Gasteiger partial charge in [0.05, 0.1) is 5.52 Å². The Morgan fingerprint density at radius 1 is 0.630 bits per heavy atom. The van der Waals surface area contributed by atoms with Crippen LogP contribution in [-0.2, 0) is 0 Å². The summed E-state index contributed by atoms with van der Waals surface area (Å²) in [5, 5.41) is 2.54. The molecule has 1 aliphatic heterocycles. The van der Waals surface area contributed by atoms with Crippen LogP contribution in [0.1, 0.15) is 0 Å². The zero-order valence-electron chi connectivity index (χ0n) is 14.6. The number of halogens is 1. The summed E-state index contributed by atoms with van der Waals surface area (Å²) < 4.78 is 15.9. The molecule has 0 atom stereocenters. The average molecular weight is 347 g/mol. The first-order valence-electron chi connectivity index (χ1n) is 9.20. The van der Waals surface area contributed by atoms with Gasteiger partial charge >= 0.3 is 0 Å². The average Bonchev–Trinajstić information content (AvgIpc) is 3.06. The number of hydrogen-bond acceptors (Lipinski definition) is 0. The summed E-state index contributed by atoms with van der Waals surface area (Å²) in [7, 11) is 0. The molecule has 5 aromatic rings. The summed E-state index contributed by atoms with van der Waals surface area (Å²) in [4.78, 5) is 0. The van der Waals surface area contributed by atoms with Crippen molar-refractivity contribution in [3.63, 3.8) is 0 Å². The van der Waals surface area contributed by atoms with Crippen LogP contribution in [0.25, 0.3) is 27.5 Å². The Bertz CT molecular complexity index is 1330. The van der Waals surface area contributed by atoms with E-state index in [9.17, 15) is 4.39 Å². The largest absolute Gasteiger partial charge is 0.310 e. The fourth-order valence-corrected chi connectivity index (χ4v) is 4.65. The van der Waals surface area contributed by atoms with Crippen molar-refractivity contribution in [1.82, 2.24) is 4.57 Å². The summed E-state index contributed by atoms with van der Waals surface area (Å²) in [6.07, 6.45) is 0. The van der Waals surface area contributed by atoms with E-state index in [-0.39, 0.29) is 12.5 Å². The highest BCUT2D eigenvalue weighted by Crippen LogP contribution is 2.32. The molecule has 0 amide bonds. The van der Waals surface area contributed by atoms with E-state index in [1.807, 2.05) is 12.1 Å². The van der Waals surface area contributed by atoms with Crippen molar-refractivity contribution in [3.8, 4) is 5.69 Å². The Hall–Kier alpha value is -3.33.